The molecule has 0 radical (unpaired) electrons. The van der Waals surface area contributed by atoms with E-state index in [1.54, 1.807) is 11.3 Å². The molecule has 2 heterocycles. The first kappa shape index (κ1) is 20.6. The van der Waals surface area contributed by atoms with Crippen LogP contribution in [0.4, 0.5) is 0 Å². The van der Waals surface area contributed by atoms with E-state index in [0.29, 0.717) is 6.04 Å². The maximum atomic E-state index is 4.41. The lowest BCUT2D eigenvalue weighted by atomic mass is 10.2. The molecule has 23 heavy (non-hydrogen) atoms. The van der Waals surface area contributed by atoms with E-state index in [2.05, 4.69) is 46.0 Å². The van der Waals surface area contributed by atoms with Gasteiger partial charge in [0.1, 0.15) is 0 Å². The summed E-state index contributed by atoms with van der Waals surface area (Å²) in [6.07, 6.45) is 5.52. The van der Waals surface area contributed by atoms with E-state index in [9.17, 15) is 0 Å². The SMILES string of the molecule is CCN1CCCC1CN(C)C(=NC)NCCc1ncc(C)s1.I. The van der Waals surface area contributed by atoms with Crippen molar-refractivity contribution in [3.05, 3.63) is 16.1 Å². The maximum Gasteiger partial charge on any atom is 0.193 e. The number of nitrogens with zero attached hydrogens (tertiary/aromatic N) is 4. The first-order valence-electron chi connectivity index (χ1n) is 8.21. The Kier molecular flexibility index (Phi) is 9.38. The van der Waals surface area contributed by atoms with Crippen LogP contribution in [0.2, 0.25) is 0 Å². The molecule has 1 aliphatic rings. The number of aromatic nitrogens is 1. The van der Waals surface area contributed by atoms with Gasteiger partial charge in [0.05, 0.1) is 5.01 Å². The van der Waals surface area contributed by atoms with E-state index in [-0.39, 0.29) is 24.0 Å². The zero-order valence-electron chi connectivity index (χ0n) is 14.7. The molecule has 0 amide bonds. The Labute approximate surface area is 161 Å². The molecule has 1 aromatic rings. The van der Waals surface area contributed by atoms with Crippen LogP contribution in [-0.4, -0.2) is 67.1 Å². The van der Waals surface area contributed by atoms with Crippen molar-refractivity contribution in [2.24, 2.45) is 4.99 Å². The number of thiazole rings is 1. The van der Waals surface area contributed by atoms with Crippen LogP contribution in [-0.2, 0) is 6.42 Å². The minimum absolute atomic E-state index is 0. The molecule has 0 bridgehead atoms. The third kappa shape index (κ3) is 6.19. The topological polar surface area (TPSA) is 43.8 Å². The molecule has 132 valence electrons. The first-order valence-corrected chi connectivity index (χ1v) is 9.02. The van der Waals surface area contributed by atoms with Crippen molar-refractivity contribution >= 4 is 41.3 Å². The van der Waals surface area contributed by atoms with Crippen LogP contribution < -0.4 is 5.32 Å². The van der Waals surface area contributed by atoms with Crippen molar-refractivity contribution in [3.63, 3.8) is 0 Å². The number of hydrogen-bond acceptors (Lipinski definition) is 4. The average molecular weight is 451 g/mol. The quantitative estimate of drug-likeness (QED) is 0.410. The van der Waals surface area contributed by atoms with E-state index < -0.39 is 0 Å². The summed E-state index contributed by atoms with van der Waals surface area (Å²) in [4.78, 5) is 14.9. The molecule has 7 heteroatoms. The highest BCUT2D eigenvalue weighted by Gasteiger charge is 2.24. The van der Waals surface area contributed by atoms with Gasteiger partial charge in [-0.2, -0.15) is 0 Å². The monoisotopic (exact) mass is 451 g/mol. The maximum absolute atomic E-state index is 4.41. The molecule has 1 aromatic heterocycles. The lowest BCUT2D eigenvalue weighted by Gasteiger charge is -2.29. The van der Waals surface area contributed by atoms with Crippen LogP contribution in [0.3, 0.4) is 0 Å². The zero-order valence-corrected chi connectivity index (χ0v) is 17.9. The predicted molar refractivity (Wildman–Crippen MR) is 110 cm³/mol. The Morgan fingerprint density at radius 1 is 1.57 bits per heavy atom. The largest absolute Gasteiger partial charge is 0.356 e. The van der Waals surface area contributed by atoms with Gasteiger partial charge in [-0.25, -0.2) is 4.98 Å². The van der Waals surface area contributed by atoms with Crippen molar-refractivity contribution in [1.29, 1.82) is 0 Å². The summed E-state index contributed by atoms with van der Waals surface area (Å²) in [6.45, 7) is 8.66. The van der Waals surface area contributed by atoms with Crippen LogP contribution in [0.15, 0.2) is 11.2 Å². The van der Waals surface area contributed by atoms with Gasteiger partial charge in [-0.15, -0.1) is 35.3 Å². The number of aryl methyl sites for hydroxylation is 1. The fourth-order valence-electron chi connectivity index (χ4n) is 3.10. The third-order valence-corrected chi connectivity index (χ3v) is 5.23. The minimum atomic E-state index is 0. The summed E-state index contributed by atoms with van der Waals surface area (Å²) in [6, 6.07) is 0.662. The van der Waals surface area contributed by atoms with Crippen molar-refractivity contribution in [2.75, 3.05) is 40.3 Å². The van der Waals surface area contributed by atoms with Gasteiger partial charge in [0.2, 0.25) is 0 Å². The molecule has 0 aliphatic carbocycles. The number of aliphatic imine (C=N–C) groups is 1. The van der Waals surface area contributed by atoms with Crippen molar-refractivity contribution in [3.8, 4) is 0 Å². The van der Waals surface area contributed by atoms with Gasteiger partial charge >= 0.3 is 0 Å². The number of nitrogens with one attached hydrogen (secondary N) is 1. The summed E-state index contributed by atoms with van der Waals surface area (Å²) in [5.41, 5.74) is 0. The molecule has 5 nitrogen and oxygen atoms in total. The van der Waals surface area contributed by atoms with Crippen molar-refractivity contribution < 1.29 is 0 Å². The molecule has 2 rings (SSSR count). The molecule has 1 saturated heterocycles. The van der Waals surface area contributed by atoms with Gasteiger partial charge in [-0.3, -0.25) is 9.89 Å². The summed E-state index contributed by atoms with van der Waals surface area (Å²) >= 11 is 1.77. The normalized spacial score (nSPS) is 18.8. The van der Waals surface area contributed by atoms with Gasteiger partial charge in [0.25, 0.3) is 0 Å². The van der Waals surface area contributed by atoms with Crippen LogP contribution in [0.5, 0.6) is 0 Å². The lowest BCUT2D eigenvalue weighted by Crippen LogP contribution is -2.46. The molecule has 1 atom stereocenters. The average Bonchev–Trinajstić information content (AvgIpc) is 3.12. The highest BCUT2D eigenvalue weighted by Crippen LogP contribution is 2.17. The number of guanidine groups is 1. The fourth-order valence-corrected chi connectivity index (χ4v) is 3.89. The molecule has 1 N–H and O–H groups in total. The van der Waals surface area contributed by atoms with Gasteiger partial charge in [0.15, 0.2) is 5.96 Å². The number of rotatable bonds is 6. The summed E-state index contributed by atoms with van der Waals surface area (Å²) in [5, 5.41) is 4.65. The highest BCUT2D eigenvalue weighted by molar-refractivity contribution is 14.0. The lowest BCUT2D eigenvalue weighted by molar-refractivity contribution is 0.233. The van der Waals surface area contributed by atoms with E-state index in [1.165, 1.54) is 29.3 Å². The second kappa shape index (κ2) is 10.5. The van der Waals surface area contributed by atoms with Gasteiger partial charge in [-0.05, 0) is 32.9 Å². The van der Waals surface area contributed by atoms with Gasteiger partial charge in [-0.1, -0.05) is 6.92 Å². The molecule has 1 unspecified atom stereocenters. The van der Waals surface area contributed by atoms with Crippen molar-refractivity contribution in [2.45, 2.75) is 39.2 Å². The second-order valence-electron chi connectivity index (χ2n) is 5.89. The Morgan fingerprint density at radius 2 is 2.35 bits per heavy atom. The molecule has 0 saturated carbocycles. The van der Waals surface area contributed by atoms with Crippen LogP contribution in [0.1, 0.15) is 29.7 Å². The molecule has 1 aliphatic heterocycles. The molecule has 1 fully saturated rings. The number of likely N-dealkylation sites (tertiary alicyclic amines) is 1. The second-order valence-corrected chi connectivity index (χ2v) is 7.21. The van der Waals surface area contributed by atoms with E-state index >= 15 is 0 Å². The predicted octanol–water partition coefficient (Wildman–Crippen LogP) is 2.60. The van der Waals surface area contributed by atoms with E-state index in [4.69, 9.17) is 0 Å². The van der Waals surface area contributed by atoms with Crippen molar-refractivity contribution in [1.82, 2.24) is 20.1 Å². The molecule has 0 spiro atoms. The van der Waals surface area contributed by atoms with E-state index in [1.807, 2.05) is 13.2 Å². The number of halogens is 1. The summed E-state index contributed by atoms with van der Waals surface area (Å²) in [7, 11) is 3.99. The van der Waals surface area contributed by atoms with E-state index in [0.717, 1.165) is 32.0 Å². The van der Waals surface area contributed by atoms with Gasteiger partial charge < -0.3 is 10.2 Å². The molecular formula is C16H30IN5S. The fraction of sp³-hybridized carbons (Fsp3) is 0.750. The minimum Gasteiger partial charge on any atom is -0.356 e. The highest BCUT2D eigenvalue weighted by atomic mass is 127. The summed E-state index contributed by atoms with van der Waals surface area (Å²) in [5.74, 6) is 0.983. The van der Waals surface area contributed by atoms with Gasteiger partial charge in [0, 0.05) is 50.7 Å². The van der Waals surface area contributed by atoms with Crippen LogP contribution >= 0.6 is 35.3 Å². The Hall–Kier alpha value is -0.410. The smallest absolute Gasteiger partial charge is 0.193 e. The Balaban J connectivity index is 0.00000264. The first-order chi connectivity index (χ1) is 10.6. The Bertz CT molecular complexity index is 491. The third-order valence-electron chi connectivity index (χ3n) is 4.25. The number of likely N-dealkylation sites (N-methyl/N-ethyl adjacent to an activating group) is 2. The molecular weight excluding hydrogens is 421 g/mol. The Morgan fingerprint density at radius 3 is 2.96 bits per heavy atom. The standard InChI is InChI=1S/C16H29N5S.HI/c1-5-21-10-6-7-14(21)12-20(4)16(17-3)18-9-8-15-19-11-13(2)22-15;/h11,14H,5-10,12H2,1-4H3,(H,17,18);1H. The number of hydrogen-bond donors (Lipinski definition) is 1. The van der Waals surface area contributed by atoms with Crippen LogP contribution in [0, 0.1) is 6.92 Å². The summed E-state index contributed by atoms with van der Waals surface area (Å²) < 4.78 is 0. The molecule has 0 aromatic carbocycles. The van der Waals surface area contributed by atoms with Crippen LogP contribution in [0.25, 0.3) is 0 Å². The zero-order chi connectivity index (χ0) is 15.9.